The number of nitrogens with zero attached hydrogens (tertiary/aromatic N) is 5. The first-order valence-corrected chi connectivity index (χ1v) is 25.6. The third kappa shape index (κ3) is 10.5. The SMILES string of the molecule is COc1cc2c(cc1OCc1cc(COc3cc4c(cc3OC)C(=O)N3c5ccccc5C[C@H]3CN4)cc(CN(C)CCOCC(C)(C)SCC(=O)ON3C(=O)CCC3=O)c1)N=C[C@@H]1Cc3ccccc3N1C2=O. The highest BCUT2D eigenvalue weighted by Gasteiger charge is 2.39. The summed E-state index contributed by atoms with van der Waals surface area (Å²) in [5.41, 5.74) is 8.88. The summed E-state index contributed by atoms with van der Waals surface area (Å²) in [5.74, 6) is -0.239. The van der Waals surface area contributed by atoms with Crippen LogP contribution in [0.2, 0.25) is 0 Å². The van der Waals surface area contributed by atoms with Crippen LogP contribution in [0.25, 0.3) is 0 Å². The molecule has 5 aromatic carbocycles. The number of benzene rings is 5. The van der Waals surface area contributed by atoms with E-state index in [0.717, 1.165) is 45.6 Å². The lowest BCUT2D eigenvalue weighted by molar-refractivity contribution is -0.195. The fourth-order valence-corrected chi connectivity index (χ4v) is 10.8. The summed E-state index contributed by atoms with van der Waals surface area (Å²) in [6, 6.07) is 29.0. The zero-order valence-electron chi connectivity index (χ0n) is 42.0. The maximum atomic E-state index is 14.1. The van der Waals surface area contributed by atoms with Gasteiger partial charge in [-0.1, -0.05) is 48.5 Å². The third-order valence-electron chi connectivity index (χ3n) is 13.7. The summed E-state index contributed by atoms with van der Waals surface area (Å²) in [7, 11) is 5.12. The number of methoxy groups -OCH3 is 2. The van der Waals surface area contributed by atoms with Gasteiger partial charge in [-0.15, -0.1) is 16.8 Å². The second-order valence-corrected chi connectivity index (χ2v) is 21.3. The van der Waals surface area contributed by atoms with Gasteiger partial charge in [0, 0.05) is 73.4 Å². The Bertz CT molecular complexity index is 3050. The van der Waals surface area contributed by atoms with Crippen LogP contribution < -0.4 is 34.1 Å². The van der Waals surface area contributed by atoms with Crippen LogP contribution in [-0.4, -0.2) is 116 Å². The number of imide groups is 1. The Kier molecular flexibility index (Phi) is 14.4. The van der Waals surface area contributed by atoms with Gasteiger partial charge in [0.1, 0.15) is 13.2 Å². The van der Waals surface area contributed by atoms with Gasteiger partial charge >= 0.3 is 5.97 Å². The molecule has 5 heterocycles. The van der Waals surface area contributed by atoms with Crippen LogP contribution >= 0.6 is 11.8 Å². The number of amides is 4. The molecule has 18 heteroatoms. The molecule has 0 aliphatic carbocycles. The van der Waals surface area contributed by atoms with E-state index < -0.39 is 22.5 Å². The number of para-hydroxylation sites is 2. The Morgan fingerprint density at radius 2 is 1.36 bits per heavy atom. The topological polar surface area (TPSA) is 178 Å². The van der Waals surface area contributed by atoms with Gasteiger partial charge in [-0.25, -0.2) is 4.79 Å². The van der Waals surface area contributed by atoms with Crippen LogP contribution in [-0.2, 0) is 56.6 Å². The van der Waals surface area contributed by atoms with Crippen molar-refractivity contribution >= 4 is 70.3 Å². The van der Waals surface area contributed by atoms with Crippen LogP contribution in [0.15, 0.2) is 96.0 Å². The number of carbonyl (C=O) groups excluding carboxylic acids is 5. The molecule has 5 aromatic rings. The Balaban J connectivity index is 0.837. The molecule has 1 N–H and O–H groups in total. The van der Waals surface area contributed by atoms with Gasteiger partial charge in [0.15, 0.2) is 23.0 Å². The monoisotopic (exact) mass is 1020 g/mol. The highest BCUT2D eigenvalue weighted by Crippen LogP contribution is 2.43. The van der Waals surface area contributed by atoms with Crippen LogP contribution in [0.3, 0.4) is 0 Å². The first-order chi connectivity index (χ1) is 35.7. The molecule has 0 aromatic heterocycles. The van der Waals surface area contributed by atoms with Crippen molar-refractivity contribution in [3.05, 3.63) is 130 Å². The second kappa shape index (κ2) is 21.2. The number of hydrogen-bond donors (Lipinski definition) is 1. The van der Waals surface area contributed by atoms with E-state index in [1.54, 1.807) is 37.3 Å². The Morgan fingerprint density at radius 1 is 0.757 bits per heavy atom. The van der Waals surface area contributed by atoms with Gasteiger partial charge in [0.25, 0.3) is 23.6 Å². The normalized spacial score (nSPS) is 17.5. The molecule has 17 nitrogen and oxygen atoms in total. The first-order valence-electron chi connectivity index (χ1n) is 24.6. The van der Waals surface area contributed by atoms with Crippen molar-refractivity contribution in [2.45, 2.75) is 76.1 Å². The van der Waals surface area contributed by atoms with Crippen molar-refractivity contribution in [2.24, 2.45) is 4.99 Å². The summed E-state index contributed by atoms with van der Waals surface area (Å²) in [5, 5.41) is 4.08. The van der Waals surface area contributed by atoms with Crippen molar-refractivity contribution < 1.29 is 52.5 Å². The predicted octanol–water partition coefficient (Wildman–Crippen LogP) is 7.71. The molecule has 5 aliphatic rings. The van der Waals surface area contributed by atoms with Crippen LogP contribution in [0.1, 0.15) is 75.2 Å². The van der Waals surface area contributed by atoms with Gasteiger partial charge in [-0.3, -0.25) is 34.0 Å². The van der Waals surface area contributed by atoms with Crippen LogP contribution in [0.4, 0.5) is 22.7 Å². The number of fused-ring (bicyclic) bond motifs is 8. The number of thioether (sulfide) groups is 1. The Hall–Kier alpha value is -7.41. The van der Waals surface area contributed by atoms with Gasteiger partial charge in [0.05, 0.1) is 67.8 Å². The van der Waals surface area contributed by atoms with Crippen molar-refractivity contribution in [3.63, 3.8) is 0 Å². The maximum Gasteiger partial charge on any atom is 0.343 e. The number of hydrogen-bond acceptors (Lipinski definition) is 15. The molecule has 0 saturated carbocycles. The number of carbonyl (C=O) groups is 5. The standard InChI is InChI=1S/C56H58N6O11S/c1-56(2,74-32-53(65)73-62-51(63)14-15-52(62)64)33-70-17-16-59(3)29-34-18-35(30-71-49-25-43-41(23-47(49)68-4)54(66)60-39(27-57-43)21-37-10-6-8-12-45(37)60)20-36(19-34)31-72-50-26-44-42(24-48(50)69-5)55(67)61-40(28-58-44)22-38-11-7-9-13-46(38)61/h6-13,18-20,23-27,39-40,58H,14-17,21-22,28-33H2,1-5H3/t39-,40-/m0/s1. The lowest BCUT2D eigenvalue weighted by Gasteiger charge is -2.25. The molecule has 0 bridgehead atoms. The summed E-state index contributed by atoms with van der Waals surface area (Å²) < 4.78 is 30.4. The van der Waals surface area contributed by atoms with E-state index in [2.05, 4.69) is 28.4 Å². The molecule has 0 unspecified atom stereocenters. The summed E-state index contributed by atoms with van der Waals surface area (Å²) in [4.78, 5) is 80.0. The molecular weight excluding hydrogens is 965 g/mol. The number of hydroxylamine groups is 2. The van der Waals surface area contributed by atoms with Crippen molar-refractivity contribution in [3.8, 4) is 23.0 Å². The third-order valence-corrected chi connectivity index (χ3v) is 15.0. The van der Waals surface area contributed by atoms with Gasteiger partial charge in [-0.2, -0.15) is 0 Å². The molecule has 1 saturated heterocycles. The Morgan fingerprint density at radius 3 is 2.05 bits per heavy atom. The Labute approximate surface area is 433 Å². The first kappa shape index (κ1) is 50.1. The maximum absolute atomic E-state index is 14.1. The molecule has 0 radical (unpaired) electrons. The van der Waals surface area contributed by atoms with E-state index >= 15 is 0 Å². The van der Waals surface area contributed by atoms with Crippen molar-refractivity contribution in [1.29, 1.82) is 0 Å². The van der Waals surface area contributed by atoms with E-state index in [9.17, 15) is 24.0 Å². The highest BCUT2D eigenvalue weighted by molar-refractivity contribution is 8.01. The highest BCUT2D eigenvalue weighted by atomic mass is 32.2. The fraction of sp³-hybridized carbons (Fsp3) is 0.357. The molecule has 4 amide bonds. The van der Waals surface area contributed by atoms with Gasteiger partial charge < -0.3 is 38.7 Å². The fourth-order valence-electron chi connectivity index (χ4n) is 10.0. The van der Waals surface area contributed by atoms with Crippen LogP contribution in [0, 0.1) is 0 Å². The van der Waals surface area contributed by atoms with E-state index in [-0.39, 0.29) is 55.7 Å². The molecule has 2 atom stereocenters. The molecule has 74 heavy (non-hydrogen) atoms. The minimum absolute atomic E-state index is 0.0231. The number of nitrogens with one attached hydrogen (secondary N) is 1. The van der Waals surface area contributed by atoms with Gasteiger partial charge in [-0.05, 0) is 85.5 Å². The second-order valence-electron chi connectivity index (χ2n) is 19.6. The number of aliphatic imine (C=N–C) groups is 1. The molecular formula is C56H58N6O11S. The van der Waals surface area contributed by atoms with Crippen molar-refractivity contribution in [1.82, 2.24) is 9.96 Å². The predicted molar refractivity (Wildman–Crippen MR) is 280 cm³/mol. The molecule has 5 aliphatic heterocycles. The van der Waals surface area contributed by atoms with E-state index in [0.29, 0.717) is 89.8 Å². The summed E-state index contributed by atoms with van der Waals surface area (Å²) >= 11 is 1.32. The number of likely N-dealkylation sites (N-methyl/N-ethyl adjacent to an activating group) is 1. The summed E-state index contributed by atoms with van der Waals surface area (Å²) in [6.45, 7) is 6.70. The molecule has 1 fully saturated rings. The summed E-state index contributed by atoms with van der Waals surface area (Å²) in [6.07, 6.45) is 3.35. The smallest absolute Gasteiger partial charge is 0.343 e. The number of rotatable bonds is 19. The van der Waals surface area contributed by atoms with Crippen molar-refractivity contribution in [2.75, 3.05) is 68.4 Å². The molecule has 10 rings (SSSR count). The lowest BCUT2D eigenvalue weighted by Crippen LogP contribution is -2.39. The lowest BCUT2D eigenvalue weighted by atomic mass is 10.1. The molecule has 384 valence electrons. The largest absolute Gasteiger partial charge is 0.493 e. The zero-order chi connectivity index (χ0) is 51.7. The minimum atomic E-state index is -0.670. The zero-order valence-corrected chi connectivity index (χ0v) is 42.8. The molecule has 0 spiro atoms. The average Bonchev–Trinajstić information content (AvgIpc) is 4.01. The minimum Gasteiger partial charge on any atom is -0.493 e. The van der Waals surface area contributed by atoms with E-state index in [1.807, 2.05) is 86.6 Å². The van der Waals surface area contributed by atoms with Crippen LogP contribution in [0.5, 0.6) is 23.0 Å². The van der Waals surface area contributed by atoms with Gasteiger partial charge in [0.2, 0.25) is 0 Å². The quantitative estimate of drug-likeness (QED) is 0.0628. The van der Waals surface area contributed by atoms with E-state index in [4.69, 9.17) is 33.5 Å². The number of ether oxygens (including phenoxy) is 5. The number of anilines is 3. The average molecular weight is 1020 g/mol. The van der Waals surface area contributed by atoms with E-state index in [1.165, 1.54) is 11.8 Å².